The van der Waals surface area contributed by atoms with E-state index in [1.54, 1.807) is 30.3 Å². The summed E-state index contributed by atoms with van der Waals surface area (Å²) in [7, 11) is 0. The Morgan fingerprint density at radius 2 is 1.83 bits per heavy atom. The van der Waals surface area contributed by atoms with Gasteiger partial charge in [0, 0.05) is 16.8 Å². The summed E-state index contributed by atoms with van der Waals surface area (Å²) >= 11 is 5.72. The summed E-state index contributed by atoms with van der Waals surface area (Å²) < 4.78 is 4.76. The lowest BCUT2D eigenvalue weighted by Gasteiger charge is -2.08. The van der Waals surface area contributed by atoms with Crippen LogP contribution in [0.3, 0.4) is 0 Å². The fourth-order valence-corrected chi connectivity index (χ4v) is 1.71. The summed E-state index contributed by atoms with van der Waals surface area (Å²) in [6.07, 6.45) is 1.35. The van der Waals surface area contributed by atoms with Gasteiger partial charge in [-0.3, -0.25) is 20.4 Å². The van der Waals surface area contributed by atoms with E-state index in [0.29, 0.717) is 10.6 Å². The van der Waals surface area contributed by atoms with Gasteiger partial charge in [-0.25, -0.2) is 9.78 Å². The number of rotatable bonds is 4. The molecule has 7 nitrogen and oxygen atoms in total. The number of pyridine rings is 1. The molecule has 1 aromatic carbocycles. The van der Waals surface area contributed by atoms with Crippen molar-refractivity contribution in [2.24, 2.45) is 0 Å². The zero-order chi connectivity index (χ0) is 16.7. The van der Waals surface area contributed by atoms with Crippen LogP contribution >= 0.6 is 11.6 Å². The van der Waals surface area contributed by atoms with Crippen molar-refractivity contribution in [3.63, 3.8) is 0 Å². The van der Waals surface area contributed by atoms with Gasteiger partial charge in [0.2, 0.25) is 0 Å². The lowest BCUT2D eigenvalue weighted by Crippen LogP contribution is -2.43. The highest BCUT2D eigenvalue weighted by Crippen LogP contribution is 2.08. The third-order valence-corrected chi connectivity index (χ3v) is 2.85. The van der Waals surface area contributed by atoms with Gasteiger partial charge in [0.05, 0.1) is 0 Å². The van der Waals surface area contributed by atoms with Crippen molar-refractivity contribution in [2.75, 3.05) is 6.61 Å². The number of nitrogens with zero attached hydrogens (tertiary/aromatic N) is 1. The predicted molar refractivity (Wildman–Crippen MR) is 81.6 cm³/mol. The number of esters is 1. The third-order valence-electron chi connectivity index (χ3n) is 2.62. The molecule has 2 rings (SSSR count). The van der Waals surface area contributed by atoms with E-state index in [9.17, 15) is 14.4 Å². The maximum absolute atomic E-state index is 11.7. The van der Waals surface area contributed by atoms with E-state index >= 15 is 0 Å². The molecule has 0 saturated heterocycles. The van der Waals surface area contributed by atoms with Crippen LogP contribution < -0.4 is 10.9 Å². The Balaban J connectivity index is 1.77. The van der Waals surface area contributed by atoms with E-state index in [1.165, 1.54) is 18.3 Å². The van der Waals surface area contributed by atoms with Crippen LogP contribution in [0.25, 0.3) is 0 Å². The quantitative estimate of drug-likeness (QED) is 0.650. The first kappa shape index (κ1) is 16.4. The molecule has 2 N–H and O–H groups in total. The standard InChI is InChI=1S/C15H12ClN3O4/c16-11-6-7-17-12(8-11)15(22)23-9-13(20)18-19-14(21)10-4-2-1-3-5-10/h1-8H,9H2,(H,18,20)(H,19,21). The molecule has 0 atom stereocenters. The van der Waals surface area contributed by atoms with E-state index in [2.05, 4.69) is 15.8 Å². The molecule has 0 fully saturated rings. The summed E-state index contributed by atoms with van der Waals surface area (Å²) in [6.45, 7) is -0.567. The third kappa shape index (κ3) is 5.08. The monoisotopic (exact) mass is 333 g/mol. The first-order chi connectivity index (χ1) is 11.1. The number of carbonyl (C=O) groups is 3. The number of hydrogen-bond donors (Lipinski definition) is 2. The first-order valence-electron chi connectivity index (χ1n) is 6.49. The highest BCUT2D eigenvalue weighted by Gasteiger charge is 2.12. The largest absolute Gasteiger partial charge is 0.451 e. The second-order valence-electron chi connectivity index (χ2n) is 4.30. The van der Waals surface area contributed by atoms with Gasteiger partial charge in [0.15, 0.2) is 6.61 Å². The van der Waals surface area contributed by atoms with Gasteiger partial charge in [-0.2, -0.15) is 0 Å². The molecular weight excluding hydrogens is 322 g/mol. The van der Waals surface area contributed by atoms with E-state index in [0.717, 1.165) is 0 Å². The molecule has 0 aliphatic heterocycles. The van der Waals surface area contributed by atoms with Gasteiger partial charge < -0.3 is 4.74 Å². The Morgan fingerprint density at radius 1 is 1.09 bits per heavy atom. The van der Waals surface area contributed by atoms with E-state index in [1.807, 2.05) is 0 Å². The number of nitrogens with one attached hydrogen (secondary N) is 2. The number of amides is 2. The lowest BCUT2D eigenvalue weighted by molar-refractivity contribution is -0.125. The number of halogens is 1. The van der Waals surface area contributed by atoms with Crippen molar-refractivity contribution in [1.29, 1.82) is 0 Å². The molecule has 0 aliphatic rings. The summed E-state index contributed by atoms with van der Waals surface area (Å²) in [4.78, 5) is 38.6. The van der Waals surface area contributed by atoms with Crippen LogP contribution in [0.15, 0.2) is 48.7 Å². The second kappa shape index (κ2) is 7.90. The predicted octanol–water partition coefficient (Wildman–Crippen LogP) is 1.35. The normalized spacial score (nSPS) is 9.78. The Labute approximate surface area is 136 Å². The molecule has 0 spiro atoms. The van der Waals surface area contributed by atoms with E-state index in [4.69, 9.17) is 16.3 Å². The summed E-state index contributed by atoms with van der Waals surface area (Å²) in [5.41, 5.74) is 4.71. The minimum atomic E-state index is -0.794. The minimum absolute atomic E-state index is 0.0152. The van der Waals surface area contributed by atoms with Crippen molar-refractivity contribution in [2.45, 2.75) is 0 Å². The van der Waals surface area contributed by atoms with Crippen LogP contribution in [-0.2, 0) is 9.53 Å². The molecule has 2 amide bonds. The smallest absolute Gasteiger partial charge is 0.357 e. The first-order valence-corrected chi connectivity index (χ1v) is 6.87. The number of benzene rings is 1. The number of carbonyl (C=O) groups excluding carboxylic acids is 3. The lowest BCUT2D eigenvalue weighted by atomic mass is 10.2. The summed E-state index contributed by atoms with van der Waals surface area (Å²) in [6, 6.07) is 11.1. The average molecular weight is 334 g/mol. The summed E-state index contributed by atoms with van der Waals surface area (Å²) in [5, 5.41) is 0.325. The van der Waals surface area contributed by atoms with Gasteiger partial charge in [-0.05, 0) is 24.3 Å². The molecule has 1 heterocycles. The average Bonchev–Trinajstić information content (AvgIpc) is 2.58. The molecule has 2 aromatic rings. The highest BCUT2D eigenvalue weighted by molar-refractivity contribution is 6.30. The van der Waals surface area contributed by atoms with Gasteiger partial charge in [-0.1, -0.05) is 29.8 Å². The summed E-state index contributed by atoms with van der Waals surface area (Å²) in [5.74, 6) is -1.97. The highest BCUT2D eigenvalue weighted by atomic mass is 35.5. The molecule has 8 heteroatoms. The van der Waals surface area contributed by atoms with Crippen LogP contribution in [-0.4, -0.2) is 29.4 Å². The molecule has 0 bridgehead atoms. The zero-order valence-corrected chi connectivity index (χ0v) is 12.5. The molecule has 23 heavy (non-hydrogen) atoms. The number of aromatic nitrogens is 1. The molecule has 1 aromatic heterocycles. The molecule has 0 unspecified atom stereocenters. The Bertz CT molecular complexity index is 722. The van der Waals surface area contributed by atoms with Crippen molar-refractivity contribution >= 4 is 29.4 Å². The second-order valence-corrected chi connectivity index (χ2v) is 4.74. The molecule has 118 valence electrons. The van der Waals surface area contributed by atoms with Gasteiger partial charge in [0.25, 0.3) is 11.8 Å². The van der Waals surface area contributed by atoms with Crippen molar-refractivity contribution in [1.82, 2.24) is 15.8 Å². The fraction of sp³-hybridized carbons (Fsp3) is 0.0667. The maximum atomic E-state index is 11.7. The van der Waals surface area contributed by atoms with Crippen LogP contribution in [0.2, 0.25) is 5.02 Å². The van der Waals surface area contributed by atoms with Crippen LogP contribution in [0.5, 0.6) is 0 Å². The molecular formula is C15H12ClN3O4. The number of hydrazine groups is 1. The molecule has 0 saturated carbocycles. The van der Waals surface area contributed by atoms with Crippen LogP contribution in [0, 0.1) is 0 Å². The van der Waals surface area contributed by atoms with Crippen LogP contribution in [0.4, 0.5) is 0 Å². The molecule has 0 radical (unpaired) electrons. The fourth-order valence-electron chi connectivity index (χ4n) is 1.55. The van der Waals surface area contributed by atoms with Crippen molar-refractivity contribution in [3.8, 4) is 0 Å². The minimum Gasteiger partial charge on any atom is -0.451 e. The van der Waals surface area contributed by atoms with Crippen molar-refractivity contribution in [3.05, 3.63) is 64.9 Å². The molecule has 0 aliphatic carbocycles. The van der Waals surface area contributed by atoms with Crippen LogP contribution in [0.1, 0.15) is 20.8 Å². The van der Waals surface area contributed by atoms with E-state index < -0.39 is 24.4 Å². The SMILES string of the molecule is O=C(COC(=O)c1cc(Cl)ccn1)NNC(=O)c1ccccc1. The maximum Gasteiger partial charge on any atom is 0.357 e. The number of ether oxygens (including phenoxy) is 1. The topological polar surface area (TPSA) is 97.4 Å². The van der Waals surface area contributed by atoms with Crippen molar-refractivity contribution < 1.29 is 19.1 Å². The zero-order valence-electron chi connectivity index (χ0n) is 11.8. The van der Waals surface area contributed by atoms with Gasteiger partial charge >= 0.3 is 5.97 Å². The Morgan fingerprint density at radius 3 is 2.52 bits per heavy atom. The number of hydrogen-bond acceptors (Lipinski definition) is 5. The Kier molecular flexibility index (Phi) is 5.65. The van der Waals surface area contributed by atoms with Gasteiger partial charge in [-0.15, -0.1) is 0 Å². The van der Waals surface area contributed by atoms with E-state index in [-0.39, 0.29) is 5.69 Å². The Hall–Kier alpha value is -2.93. The van der Waals surface area contributed by atoms with Gasteiger partial charge in [0.1, 0.15) is 5.69 Å².